The second kappa shape index (κ2) is 10.2. The Kier molecular flexibility index (Phi) is 8.16. The summed E-state index contributed by atoms with van der Waals surface area (Å²) in [6.07, 6.45) is 1.66. The molecule has 1 fully saturated rings. The number of halogens is 1. The van der Waals surface area contributed by atoms with E-state index < -0.39 is 29.3 Å². The Balaban J connectivity index is 2.15. The Morgan fingerprint density at radius 3 is 2.55 bits per heavy atom. The minimum atomic E-state index is -0.991. The van der Waals surface area contributed by atoms with Gasteiger partial charge in [-0.05, 0) is 51.8 Å². The fraction of sp³-hybridized carbons (Fsp3) is 0.636. The number of ether oxygens (including phenoxy) is 2. The Labute approximate surface area is 172 Å². The molecule has 2 N–H and O–H groups in total. The third-order valence-electron chi connectivity index (χ3n) is 5.06. The van der Waals surface area contributed by atoms with Gasteiger partial charge in [-0.15, -0.1) is 0 Å². The quantitative estimate of drug-likeness (QED) is 0.647. The van der Waals surface area contributed by atoms with Gasteiger partial charge in [-0.2, -0.15) is 0 Å². The SMILES string of the molecule is CO[C@@H]([C@@H]1CCCN1)[C@@H](C)C(=O)N[C@@H](Cc1ccccc1F)C(=O)OC(C)(C)C. The molecular weight excluding hydrogens is 375 g/mol. The maximum atomic E-state index is 14.1. The predicted octanol–water partition coefficient (Wildman–Crippen LogP) is 2.60. The normalized spacial score (nSPS) is 20.0. The van der Waals surface area contributed by atoms with Gasteiger partial charge in [0.25, 0.3) is 0 Å². The summed E-state index contributed by atoms with van der Waals surface area (Å²) in [4.78, 5) is 25.7. The molecule has 2 rings (SSSR count). The monoisotopic (exact) mass is 408 g/mol. The summed E-state index contributed by atoms with van der Waals surface area (Å²) in [7, 11) is 1.58. The van der Waals surface area contributed by atoms with Crippen LogP contribution in [-0.2, 0) is 25.5 Å². The van der Waals surface area contributed by atoms with Crippen LogP contribution in [0.1, 0.15) is 46.1 Å². The highest BCUT2D eigenvalue weighted by molar-refractivity contribution is 5.86. The van der Waals surface area contributed by atoms with Crippen molar-refractivity contribution in [2.45, 2.75) is 70.7 Å². The molecule has 0 aromatic heterocycles. The van der Waals surface area contributed by atoms with Crippen molar-refractivity contribution in [2.24, 2.45) is 5.92 Å². The highest BCUT2D eigenvalue weighted by Gasteiger charge is 2.35. The molecule has 0 saturated carbocycles. The zero-order valence-corrected chi connectivity index (χ0v) is 18.0. The van der Waals surface area contributed by atoms with Crippen molar-refractivity contribution < 1.29 is 23.5 Å². The van der Waals surface area contributed by atoms with Gasteiger partial charge in [0.1, 0.15) is 17.5 Å². The second-order valence-corrected chi connectivity index (χ2v) is 8.58. The summed E-state index contributed by atoms with van der Waals surface area (Å²) in [5, 5.41) is 6.12. The van der Waals surface area contributed by atoms with Gasteiger partial charge in [0.05, 0.1) is 12.0 Å². The lowest BCUT2D eigenvalue weighted by Gasteiger charge is -2.30. The van der Waals surface area contributed by atoms with Gasteiger partial charge >= 0.3 is 5.97 Å². The maximum Gasteiger partial charge on any atom is 0.329 e. The molecule has 1 saturated heterocycles. The number of methoxy groups -OCH3 is 1. The van der Waals surface area contributed by atoms with Crippen LogP contribution in [-0.4, -0.2) is 49.3 Å². The van der Waals surface area contributed by atoms with Crippen molar-refractivity contribution >= 4 is 11.9 Å². The first-order valence-corrected chi connectivity index (χ1v) is 10.1. The van der Waals surface area contributed by atoms with E-state index in [1.165, 1.54) is 6.07 Å². The van der Waals surface area contributed by atoms with Gasteiger partial charge < -0.3 is 20.1 Å². The predicted molar refractivity (Wildman–Crippen MR) is 109 cm³/mol. The first-order valence-electron chi connectivity index (χ1n) is 10.1. The molecular formula is C22H33FN2O4. The summed E-state index contributed by atoms with van der Waals surface area (Å²) in [6.45, 7) is 7.93. The lowest BCUT2D eigenvalue weighted by Crippen LogP contribution is -2.51. The van der Waals surface area contributed by atoms with Crippen molar-refractivity contribution in [2.75, 3.05) is 13.7 Å². The molecule has 0 aliphatic carbocycles. The van der Waals surface area contributed by atoms with Gasteiger partial charge in [-0.3, -0.25) is 4.79 Å². The van der Waals surface area contributed by atoms with Crippen molar-refractivity contribution in [3.8, 4) is 0 Å². The fourth-order valence-electron chi connectivity index (χ4n) is 3.61. The van der Waals surface area contributed by atoms with Crippen LogP contribution in [0.5, 0.6) is 0 Å². The number of rotatable bonds is 8. The van der Waals surface area contributed by atoms with E-state index in [2.05, 4.69) is 10.6 Å². The minimum absolute atomic E-state index is 0.0133. The molecule has 1 aliphatic rings. The zero-order chi connectivity index (χ0) is 21.6. The van der Waals surface area contributed by atoms with Crippen molar-refractivity contribution in [1.82, 2.24) is 10.6 Å². The average molecular weight is 409 g/mol. The van der Waals surface area contributed by atoms with E-state index in [1.807, 2.05) is 0 Å². The Hall–Kier alpha value is -1.99. The molecule has 1 heterocycles. The van der Waals surface area contributed by atoms with Crippen LogP contribution >= 0.6 is 0 Å². The van der Waals surface area contributed by atoms with Crippen molar-refractivity contribution in [3.05, 3.63) is 35.6 Å². The van der Waals surface area contributed by atoms with Crippen LogP contribution in [0.3, 0.4) is 0 Å². The molecule has 162 valence electrons. The van der Waals surface area contributed by atoms with Gasteiger partial charge in [-0.1, -0.05) is 25.1 Å². The minimum Gasteiger partial charge on any atom is -0.458 e. The summed E-state index contributed by atoms with van der Waals surface area (Å²) in [5.41, 5.74) is -0.374. The third kappa shape index (κ3) is 6.78. The van der Waals surface area contributed by atoms with E-state index in [1.54, 1.807) is 53.0 Å². The van der Waals surface area contributed by atoms with Crippen LogP contribution in [0, 0.1) is 11.7 Å². The molecule has 6 nitrogen and oxygen atoms in total. The number of benzene rings is 1. The number of carbonyl (C=O) groups is 2. The Morgan fingerprint density at radius 2 is 2.00 bits per heavy atom. The molecule has 29 heavy (non-hydrogen) atoms. The second-order valence-electron chi connectivity index (χ2n) is 8.58. The molecule has 1 amide bonds. The molecule has 0 radical (unpaired) electrons. The number of hydrogen-bond acceptors (Lipinski definition) is 5. The van der Waals surface area contributed by atoms with E-state index >= 15 is 0 Å². The van der Waals surface area contributed by atoms with Gasteiger partial charge in [0, 0.05) is 19.6 Å². The highest BCUT2D eigenvalue weighted by atomic mass is 19.1. The molecule has 0 unspecified atom stereocenters. The summed E-state index contributed by atoms with van der Waals surface area (Å²) in [5.74, 6) is -1.82. The Morgan fingerprint density at radius 1 is 1.31 bits per heavy atom. The van der Waals surface area contributed by atoms with Gasteiger partial charge in [0.15, 0.2) is 0 Å². The average Bonchev–Trinajstić information content (AvgIpc) is 3.16. The smallest absolute Gasteiger partial charge is 0.329 e. The molecule has 0 bridgehead atoms. The summed E-state index contributed by atoms with van der Waals surface area (Å²) >= 11 is 0. The largest absolute Gasteiger partial charge is 0.458 e. The molecule has 1 aliphatic heterocycles. The van der Waals surface area contributed by atoms with Crippen LogP contribution in [0.25, 0.3) is 0 Å². The first-order chi connectivity index (χ1) is 13.6. The van der Waals surface area contributed by atoms with E-state index in [-0.39, 0.29) is 24.5 Å². The van der Waals surface area contributed by atoms with E-state index in [4.69, 9.17) is 9.47 Å². The number of nitrogens with one attached hydrogen (secondary N) is 2. The first kappa shape index (κ1) is 23.3. The molecule has 0 spiro atoms. The summed E-state index contributed by atoms with van der Waals surface area (Å²) < 4.78 is 25.2. The number of esters is 1. The maximum absolute atomic E-state index is 14.1. The fourth-order valence-corrected chi connectivity index (χ4v) is 3.61. The zero-order valence-electron chi connectivity index (χ0n) is 18.0. The van der Waals surface area contributed by atoms with E-state index in [0.29, 0.717) is 5.56 Å². The van der Waals surface area contributed by atoms with Crippen molar-refractivity contribution in [3.63, 3.8) is 0 Å². The summed E-state index contributed by atoms with van der Waals surface area (Å²) in [6, 6.07) is 5.31. The van der Waals surface area contributed by atoms with Gasteiger partial charge in [0.2, 0.25) is 5.91 Å². The molecule has 4 atom stereocenters. The lowest BCUT2D eigenvalue weighted by atomic mass is 9.95. The number of amides is 1. The number of carbonyl (C=O) groups excluding carboxylic acids is 2. The number of hydrogen-bond donors (Lipinski definition) is 2. The van der Waals surface area contributed by atoms with Crippen LogP contribution in [0.2, 0.25) is 0 Å². The third-order valence-corrected chi connectivity index (χ3v) is 5.06. The molecule has 7 heteroatoms. The van der Waals surface area contributed by atoms with Crippen molar-refractivity contribution in [1.29, 1.82) is 0 Å². The van der Waals surface area contributed by atoms with Crippen LogP contribution in [0.15, 0.2) is 24.3 Å². The Bertz CT molecular complexity index is 698. The van der Waals surface area contributed by atoms with E-state index in [9.17, 15) is 14.0 Å². The van der Waals surface area contributed by atoms with E-state index in [0.717, 1.165) is 19.4 Å². The van der Waals surface area contributed by atoms with Crippen LogP contribution < -0.4 is 10.6 Å². The molecule has 1 aromatic rings. The van der Waals surface area contributed by atoms with Gasteiger partial charge in [-0.25, -0.2) is 9.18 Å². The highest BCUT2D eigenvalue weighted by Crippen LogP contribution is 2.20. The van der Waals surface area contributed by atoms with Crippen LogP contribution in [0.4, 0.5) is 4.39 Å². The topological polar surface area (TPSA) is 76.7 Å². The lowest BCUT2D eigenvalue weighted by molar-refractivity contribution is -0.159. The molecule has 1 aromatic carbocycles. The standard InChI is InChI=1S/C22H33FN2O4/c1-14(19(28-5)17-11-8-12-24-17)20(26)25-18(21(27)29-22(2,3)4)13-15-9-6-7-10-16(15)23/h6-7,9-10,14,17-19,24H,8,11-13H2,1-5H3,(H,25,26)/t14-,17+,18+,19-/m1/s1.